The summed E-state index contributed by atoms with van der Waals surface area (Å²) in [7, 11) is -1.14. The van der Waals surface area contributed by atoms with Crippen molar-refractivity contribution in [2.75, 3.05) is 25.6 Å². The fourth-order valence-corrected chi connectivity index (χ4v) is 2.98. The van der Waals surface area contributed by atoms with Crippen LogP contribution in [-0.2, 0) is 18.9 Å². The highest BCUT2D eigenvalue weighted by molar-refractivity contribution is 8.13. The highest BCUT2D eigenvalue weighted by atomic mass is 35.7. The lowest BCUT2D eigenvalue weighted by Crippen LogP contribution is -2.31. The molecule has 0 saturated heterocycles. The average molecular weight is 358 g/mol. The Hall–Kier alpha value is -1.19. The molecule has 1 amide bonds. The molecule has 0 N–H and O–H groups in total. The lowest BCUT2D eigenvalue weighted by molar-refractivity contribution is 0.0803. The summed E-state index contributed by atoms with van der Waals surface area (Å²) in [6.45, 7) is -0.0714. The molecule has 21 heavy (non-hydrogen) atoms. The van der Waals surface area contributed by atoms with E-state index in [4.69, 9.17) is 10.7 Å². The van der Waals surface area contributed by atoms with Crippen LogP contribution in [0.1, 0.15) is 10.4 Å². The Morgan fingerprint density at radius 2 is 1.86 bits per heavy atom. The van der Waals surface area contributed by atoms with E-state index >= 15 is 0 Å². The maximum absolute atomic E-state index is 13.4. The maximum Gasteiger partial charge on any atom is 0.264 e. The van der Waals surface area contributed by atoms with Crippen molar-refractivity contribution in [1.29, 1.82) is 0 Å². The second-order valence-electron chi connectivity index (χ2n) is 4.44. The van der Waals surface area contributed by atoms with E-state index in [2.05, 4.69) is 0 Å². The Morgan fingerprint density at radius 1 is 1.29 bits per heavy atom. The van der Waals surface area contributed by atoms with Gasteiger partial charge in [0.05, 0.1) is 5.75 Å². The summed E-state index contributed by atoms with van der Waals surface area (Å²) in [4.78, 5) is 12.3. The molecule has 1 aromatic rings. The van der Waals surface area contributed by atoms with Gasteiger partial charge in [-0.05, 0) is 18.2 Å². The fraction of sp³-hybridized carbons (Fsp3) is 0.364. The Balaban J connectivity index is 3.04. The zero-order valence-electron chi connectivity index (χ0n) is 11.2. The Labute approximate surface area is 126 Å². The van der Waals surface area contributed by atoms with Crippen molar-refractivity contribution in [3.63, 3.8) is 0 Å². The average Bonchev–Trinajstić information content (AvgIpc) is 2.33. The molecule has 0 aliphatic heterocycles. The van der Waals surface area contributed by atoms with E-state index in [9.17, 15) is 26.0 Å². The molecule has 0 aliphatic carbocycles. The van der Waals surface area contributed by atoms with E-state index in [0.717, 1.165) is 29.4 Å². The Kier molecular flexibility index (Phi) is 5.35. The topological polar surface area (TPSA) is 88.6 Å². The number of hydrogen-bond donors (Lipinski definition) is 0. The van der Waals surface area contributed by atoms with Gasteiger partial charge in [-0.15, -0.1) is 0 Å². The van der Waals surface area contributed by atoms with E-state index in [0.29, 0.717) is 0 Å². The second-order valence-corrected chi connectivity index (χ2v) is 9.23. The number of amides is 1. The van der Waals surface area contributed by atoms with Crippen molar-refractivity contribution >= 4 is 35.5 Å². The third-order valence-electron chi connectivity index (χ3n) is 2.59. The number of benzene rings is 1. The van der Waals surface area contributed by atoms with Gasteiger partial charge in [0.2, 0.25) is 0 Å². The summed E-state index contributed by atoms with van der Waals surface area (Å²) >= 11 is 0. The van der Waals surface area contributed by atoms with E-state index in [1.807, 2.05) is 0 Å². The molecule has 0 radical (unpaired) electrons. The molecule has 0 unspecified atom stereocenters. The molecule has 0 aliphatic rings. The van der Waals surface area contributed by atoms with Gasteiger partial charge in [-0.3, -0.25) is 4.79 Å². The van der Waals surface area contributed by atoms with Crippen molar-refractivity contribution in [2.45, 2.75) is 4.90 Å². The molecule has 0 atom stereocenters. The predicted octanol–water partition coefficient (Wildman–Crippen LogP) is 0.870. The monoisotopic (exact) mass is 357 g/mol. The highest BCUT2D eigenvalue weighted by Gasteiger charge is 2.20. The smallest absolute Gasteiger partial charge is 0.264 e. The predicted molar refractivity (Wildman–Crippen MR) is 76.1 cm³/mol. The summed E-state index contributed by atoms with van der Waals surface area (Å²) < 4.78 is 57.8. The van der Waals surface area contributed by atoms with E-state index in [1.54, 1.807) is 0 Å². The third kappa shape index (κ3) is 5.25. The first kappa shape index (κ1) is 17.9. The maximum atomic E-state index is 13.4. The first-order valence-corrected chi connectivity index (χ1v) is 9.96. The first-order chi connectivity index (χ1) is 9.42. The molecule has 6 nitrogen and oxygen atoms in total. The molecule has 10 heteroatoms. The van der Waals surface area contributed by atoms with Crippen LogP contribution in [0.25, 0.3) is 0 Å². The van der Waals surface area contributed by atoms with Crippen LogP contribution < -0.4 is 0 Å². The fourth-order valence-electron chi connectivity index (χ4n) is 1.45. The largest absolute Gasteiger partial charge is 0.341 e. The Morgan fingerprint density at radius 3 is 2.33 bits per heavy atom. The SMILES string of the molecule is CN(CCS(C)(=O)=O)C(=O)c1ccc(F)c(S(=O)(=O)Cl)c1. The third-order valence-corrected chi connectivity index (χ3v) is 4.85. The number of carbonyl (C=O) groups is 1. The van der Waals surface area contributed by atoms with Crippen LogP contribution in [0.2, 0.25) is 0 Å². The first-order valence-electron chi connectivity index (χ1n) is 5.59. The van der Waals surface area contributed by atoms with Crippen molar-refractivity contribution in [3.8, 4) is 0 Å². The van der Waals surface area contributed by atoms with Crippen molar-refractivity contribution in [1.82, 2.24) is 4.90 Å². The molecule has 0 saturated carbocycles. The molecule has 0 bridgehead atoms. The van der Waals surface area contributed by atoms with Gasteiger partial charge in [0.15, 0.2) is 0 Å². The molecule has 118 valence electrons. The van der Waals surface area contributed by atoms with Gasteiger partial charge in [-0.1, -0.05) is 0 Å². The summed E-state index contributed by atoms with van der Waals surface area (Å²) in [5.74, 6) is -1.95. The molecule has 0 fully saturated rings. The van der Waals surface area contributed by atoms with Gasteiger partial charge in [0.1, 0.15) is 20.5 Å². The van der Waals surface area contributed by atoms with Gasteiger partial charge < -0.3 is 4.90 Å². The number of sulfone groups is 1. The number of nitrogens with zero attached hydrogens (tertiary/aromatic N) is 1. The quantitative estimate of drug-likeness (QED) is 0.729. The van der Waals surface area contributed by atoms with Crippen LogP contribution in [0.3, 0.4) is 0 Å². The molecule has 0 aromatic heterocycles. The van der Waals surface area contributed by atoms with Gasteiger partial charge in [-0.25, -0.2) is 21.2 Å². The zero-order chi connectivity index (χ0) is 16.4. The standard InChI is InChI=1S/C11H13ClFNO5S2/c1-14(5-6-20(2,16)17)11(15)8-3-4-9(13)10(7-8)21(12,18)19/h3-4,7H,5-6H2,1-2H3. The van der Waals surface area contributed by atoms with Crippen molar-refractivity contribution in [3.05, 3.63) is 29.6 Å². The molecular formula is C11H13ClFNO5S2. The summed E-state index contributed by atoms with van der Waals surface area (Å²) in [6, 6.07) is 2.73. The highest BCUT2D eigenvalue weighted by Crippen LogP contribution is 2.21. The summed E-state index contributed by atoms with van der Waals surface area (Å²) in [6.07, 6.45) is 1.03. The number of carbonyl (C=O) groups excluding carboxylic acids is 1. The lowest BCUT2D eigenvalue weighted by atomic mass is 10.2. The minimum atomic E-state index is -4.32. The minimum absolute atomic E-state index is 0.0714. The summed E-state index contributed by atoms with van der Waals surface area (Å²) in [5.41, 5.74) is -0.105. The Bertz CT molecular complexity index is 761. The lowest BCUT2D eigenvalue weighted by Gasteiger charge is -2.17. The van der Waals surface area contributed by atoms with Gasteiger partial charge in [0, 0.05) is 36.1 Å². The van der Waals surface area contributed by atoms with Crippen LogP contribution in [0.4, 0.5) is 4.39 Å². The molecule has 1 rings (SSSR count). The number of hydrogen-bond acceptors (Lipinski definition) is 5. The van der Waals surface area contributed by atoms with Crippen LogP contribution in [0.5, 0.6) is 0 Å². The van der Waals surface area contributed by atoms with Crippen molar-refractivity contribution < 1.29 is 26.0 Å². The molecule has 0 spiro atoms. The zero-order valence-corrected chi connectivity index (χ0v) is 13.6. The number of halogens is 2. The van der Waals surface area contributed by atoms with E-state index < -0.39 is 35.5 Å². The van der Waals surface area contributed by atoms with Crippen LogP contribution in [-0.4, -0.2) is 53.2 Å². The van der Waals surface area contributed by atoms with Crippen molar-refractivity contribution in [2.24, 2.45) is 0 Å². The van der Waals surface area contributed by atoms with Gasteiger partial charge >= 0.3 is 0 Å². The second kappa shape index (κ2) is 6.29. The van der Waals surface area contributed by atoms with Gasteiger partial charge in [-0.2, -0.15) is 0 Å². The molecule has 1 aromatic carbocycles. The normalized spacial score (nSPS) is 12.2. The van der Waals surface area contributed by atoms with E-state index in [1.165, 1.54) is 7.05 Å². The number of rotatable bonds is 5. The van der Waals surface area contributed by atoms with Crippen LogP contribution in [0.15, 0.2) is 23.1 Å². The summed E-state index contributed by atoms with van der Waals surface area (Å²) in [5, 5.41) is 0. The molecular weight excluding hydrogens is 345 g/mol. The molecule has 0 heterocycles. The van der Waals surface area contributed by atoms with Gasteiger partial charge in [0.25, 0.3) is 15.0 Å². The van der Waals surface area contributed by atoms with E-state index in [-0.39, 0.29) is 17.9 Å². The van der Waals surface area contributed by atoms with Crippen LogP contribution >= 0.6 is 10.7 Å². The minimum Gasteiger partial charge on any atom is -0.341 e. The van der Waals surface area contributed by atoms with Crippen LogP contribution in [0, 0.1) is 5.82 Å².